The number of para-hydroxylation sites is 1. The van der Waals surface area contributed by atoms with Crippen LogP contribution in [0.4, 0.5) is 15.8 Å². The molecule has 9 heteroatoms. The third-order valence-corrected chi connectivity index (χ3v) is 7.74. The second kappa shape index (κ2) is 11.2. The maximum atomic E-state index is 13.7. The van der Waals surface area contributed by atoms with Gasteiger partial charge in [0, 0.05) is 23.6 Å². The fraction of sp³-hybridized carbons (Fsp3) is 0.208. The predicted molar refractivity (Wildman–Crippen MR) is 130 cm³/mol. The SMILES string of the molecule is CCN(c1ccccc1)S(=O)(=O)c1ccc(OC)c(NC(=O)CCSc2ccccc2F)c1. The van der Waals surface area contributed by atoms with E-state index in [0.29, 0.717) is 22.1 Å². The summed E-state index contributed by atoms with van der Waals surface area (Å²) in [7, 11) is -2.42. The standard InChI is InChI=1S/C24H25FN2O4S2/c1-3-27(18-9-5-4-6-10-18)33(29,30)19-13-14-22(31-2)21(17-19)26-24(28)15-16-32-23-12-8-7-11-20(23)25/h4-14,17H,3,15-16H2,1-2H3,(H,26,28). The fourth-order valence-corrected chi connectivity index (χ4v) is 5.57. The van der Waals surface area contributed by atoms with Gasteiger partial charge in [-0.05, 0) is 49.4 Å². The molecule has 0 heterocycles. The molecule has 0 aliphatic rings. The number of anilines is 2. The zero-order valence-corrected chi connectivity index (χ0v) is 20.0. The minimum absolute atomic E-state index is 0.0324. The molecule has 0 aromatic heterocycles. The number of benzene rings is 3. The maximum Gasteiger partial charge on any atom is 0.264 e. The Kier molecular flexibility index (Phi) is 8.35. The third-order valence-electron chi connectivity index (χ3n) is 4.79. The molecular weight excluding hydrogens is 463 g/mol. The van der Waals surface area contributed by atoms with Gasteiger partial charge in [-0.1, -0.05) is 30.3 Å². The van der Waals surface area contributed by atoms with Crippen molar-refractivity contribution in [2.75, 3.05) is 29.0 Å². The van der Waals surface area contributed by atoms with Gasteiger partial charge in [-0.15, -0.1) is 11.8 Å². The molecule has 0 saturated carbocycles. The van der Waals surface area contributed by atoms with Crippen molar-refractivity contribution in [2.24, 2.45) is 0 Å². The van der Waals surface area contributed by atoms with Gasteiger partial charge >= 0.3 is 0 Å². The highest BCUT2D eigenvalue weighted by Gasteiger charge is 2.25. The molecule has 1 N–H and O–H groups in total. The van der Waals surface area contributed by atoms with E-state index in [1.54, 1.807) is 49.4 Å². The summed E-state index contributed by atoms with van der Waals surface area (Å²) in [6.07, 6.45) is 0.115. The molecule has 0 bridgehead atoms. The van der Waals surface area contributed by atoms with Crippen LogP contribution >= 0.6 is 11.8 Å². The van der Waals surface area contributed by atoms with Crippen molar-refractivity contribution in [3.05, 3.63) is 78.6 Å². The average molecular weight is 489 g/mol. The summed E-state index contributed by atoms with van der Waals surface area (Å²) in [6.45, 7) is 2.00. The monoisotopic (exact) mass is 488 g/mol. The Balaban J connectivity index is 1.76. The highest BCUT2D eigenvalue weighted by Crippen LogP contribution is 2.31. The lowest BCUT2D eigenvalue weighted by Gasteiger charge is -2.23. The Morgan fingerprint density at radius 2 is 1.76 bits per heavy atom. The van der Waals surface area contributed by atoms with Crippen molar-refractivity contribution >= 4 is 39.1 Å². The molecule has 1 amide bonds. The average Bonchev–Trinajstić information content (AvgIpc) is 2.81. The van der Waals surface area contributed by atoms with Gasteiger partial charge in [0.15, 0.2) is 0 Å². The zero-order valence-electron chi connectivity index (χ0n) is 18.3. The minimum atomic E-state index is -3.86. The van der Waals surface area contributed by atoms with E-state index in [1.165, 1.54) is 47.4 Å². The van der Waals surface area contributed by atoms with Crippen molar-refractivity contribution < 1.29 is 22.3 Å². The molecule has 0 spiro atoms. The largest absolute Gasteiger partial charge is 0.495 e. The van der Waals surface area contributed by atoms with Gasteiger partial charge in [-0.25, -0.2) is 12.8 Å². The van der Waals surface area contributed by atoms with Crippen LogP contribution in [0.1, 0.15) is 13.3 Å². The van der Waals surface area contributed by atoms with Crippen LogP contribution in [0.15, 0.2) is 82.6 Å². The summed E-state index contributed by atoms with van der Waals surface area (Å²) < 4.78 is 46.9. The Morgan fingerprint density at radius 1 is 1.06 bits per heavy atom. The van der Waals surface area contributed by atoms with Gasteiger partial charge in [-0.3, -0.25) is 9.10 Å². The number of ether oxygens (including phenoxy) is 1. The van der Waals surface area contributed by atoms with E-state index in [1.807, 2.05) is 6.07 Å². The zero-order chi connectivity index (χ0) is 23.8. The van der Waals surface area contributed by atoms with Gasteiger partial charge < -0.3 is 10.1 Å². The molecule has 3 aromatic rings. The molecule has 0 aliphatic heterocycles. The first-order chi connectivity index (χ1) is 15.9. The summed E-state index contributed by atoms with van der Waals surface area (Å²) >= 11 is 1.24. The van der Waals surface area contributed by atoms with Crippen LogP contribution in [0.25, 0.3) is 0 Å². The molecule has 33 heavy (non-hydrogen) atoms. The first-order valence-corrected chi connectivity index (χ1v) is 12.7. The summed E-state index contributed by atoms with van der Waals surface area (Å²) in [5, 5.41) is 2.72. The number of halogens is 1. The number of thioether (sulfide) groups is 1. The maximum absolute atomic E-state index is 13.7. The third kappa shape index (κ3) is 6.06. The topological polar surface area (TPSA) is 75.7 Å². The van der Waals surface area contributed by atoms with Gasteiger partial charge in [0.2, 0.25) is 5.91 Å². The Labute approximate surface area is 197 Å². The molecule has 0 fully saturated rings. The van der Waals surface area contributed by atoms with Crippen molar-refractivity contribution in [1.29, 1.82) is 0 Å². The quantitative estimate of drug-likeness (QED) is 0.399. The minimum Gasteiger partial charge on any atom is -0.495 e. The summed E-state index contributed by atoms with van der Waals surface area (Å²) in [4.78, 5) is 13.0. The summed E-state index contributed by atoms with van der Waals surface area (Å²) in [6, 6.07) is 19.5. The molecule has 0 saturated heterocycles. The Hall–Kier alpha value is -3.04. The van der Waals surface area contributed by atoms with E-state index >= 15 is 0 Å². The number of hydrogen-bond donors (Lipinski definition) is 1. The fourth-order valence-electron chi connectivity index (χ4n) is 3.19. The molecule has 0 unspecified atom stereocenters. The predicted octanol–water partition coefficient (Wildman–Crippen LogP) is 5.17. The van der Waals surface area contributed by atoms with Crippen molar-refractivity contribution in [2.45, 2.75) is 23.1 Å². The first-order valence-electron chi connectivity index (χ1n) is 10.3. The molecule has 0 atom stereocenters. The smallest absolute Gasteiger partial charge is 0.264 e. The van der Waals surface area contributed by atoms with Crippen LogP contribution in [0, 0.1) is 5.82 Å². The van der Waals surface area contributed by atoms with Gasteiger partial charge in [-0.2, -0.15) is 0 Å². The van der Waals surface area contributed by atoms with E-state index < -0.39 is 10.0 Å². The Morgan fingerprint density at radius 3 is 2.42 bits per heavy atom. The summed E-state index contributed by atoms with van der Waals surface area (Å²) in [5.41, 5.74) is 0.801. The second-order valence-electron chi connectivity index (χ2n) is 6.94. The second-order valence-corrected chi connectivity index (χ2v) is 9.94. The molecule has 3 rings (SSSR count). The molecule has 3 aromatic carbocycles. The molecule has 6 nitrogen and oxygen atoms in total. The number of nitrogens with zero attached hydrogens (tertiary/aromatic N) is 1. The molecule has 0 radical (unpaired) electrons. The van der Waals surface area contributed by atoms with Crippen LogP contribution in [0.2, 0.25) is 0 Å². The first kappa shape index (κ1) is 24.6. The number of carbonyl (C=O) groups is 1. The van der Waals surface area contributed by atoms with Crippen LogP contribution in [0.3, 0.4) is 0 Å². The van der Waals surface area contributed by atoms with Crippen LogP contribution in [0.5, 0.6) is 5.75 Å². The molecule has 0 aliphatic carbocycles. The Bertz CT molecular complexity index is 1200. The normalized spacial score (nSPS) is 11.1. The number of rotatable bonds is 10. The number of hydrogen-bond acceptors (Lipinski definition) is 5. The molecule has 174 valence electrons. The number of carbonyl (C=O) groups excluding carboxylic acids is 1. The van der Waals surface area contributed by atoms with Crippen molar-refractivity contribution in [3.8, 4) is 5.75 Å². The van der Waals surface area contributed by atoms with Crippen LogP contribution in [-0.2, 0) is 14.8 Å². The number of sulfonamides is 1. The lowest BCUT2D eigenvalue weighted by atomic mass is 10.3. The molecular formula is C24H25FN2O4S2. The van der Waals surface area contributed by atoms with Crippen LogP contribution < -0.4 is 14.4 Å². The van der Waals surface area contributed by atoms with Crippen molar-refractivity contribution in [3.63, 3.8) is 0 Å². The lowest BCUT2D eigenvalue weighted by molar-refractivity contribution is -0.115. The van der Waals surface area contributed by atoms with Crippen LogP contribution in [-0.4, -0.2) is 33.7 Å². The summed E-state index contributed by atoms with van der Waals surface area (Å²) in [5.74, 6) is 0.0420. The highest BCUT2D eigenvalue weighted by molar-refractivity contribution is 7.99. The van der Waals surface area contributed by atoms with E-state index in [-0.39, 0.29) is 35.3 Å². The van der Waals surface area contributed by atoms with Crippen molar-refractivity contribution in [1.82, 2.24) is 0 Å². The lowest BCUT2D eigenvalue weighted by Crippen LogP contribution is -2.30. The van der Waals surface area contributed by atoms with E-state index in [2.05, 4.69) is 5.32 Å². The number of amides is 1. The number of nitrogens with one attached hydrogen (secondary N) is 1. The van der Waals surface area contributed by atoms with Gasteiger partial charge in [0.25, 0.3) is 10.0 Å². The van der Waals surface area contributed by atoms with E-state index in [9.17, 15) is 17.6 Å². The highest BCUT2D eigenvalue weighted by atomic mass is 32.2. The van der Waals surface area contributed by atoms with Gasteiger partial charge in [0.1, 0.15) is 11.6 Å². The van der Waals surface area contributed by atoms with E-state index in [4.69, 9.17) is 4.74 Å². The number of methoxy groups -OCH3 is 1. The van der Waals surface area contributed by atoms with Gasteiger partial charge in [0.05, 0.1) is 23.4 Å². The van der Waals surface area contributed by atoms with E-state index in [0.717, 1.165) is 0 Å².